The van der Waals surface area contributed by atoms with Gasteiger partial charge in [0.25, 0.3) is 0 Å². The molecule has 0 bridgehead atoms. The molecule has 3 rings (SSSR count). The number of nitrogens with zero attached hydrogens (tertiary/aromatic N) is 4. The number of aliphatic hydroxyl groups excluding tert-OH is 1. The second kappa shape index (κ2) is 5.66. The second-order valence-corrected chi connectivity index (χ2v) is 5.41. The highest BCUT2D eigenvalue weighted by molar-refractivity contribution is 7.32. The van der Waals surface area contributed by atoms with E-state index in [1.165, 1.54) is 12.7 Å². The van der Waals surface area contributed by atoms with Gasteiger partial charge in [-0.3, -0.25) is 9.13 Å². The van der Waals surface area contributed by atoms with E-state index in [1.807, 2.05) is 0 Å². The standard InChI is InChI=1S/C10H14N5O5P/c11-9-8-10(13-3-12-9)15(4-14-8)7-1-5(16)6(20-7)2-19-21(17)18/h3-7,16,21H,1-2H2,(H,17,18)(H2,11,12,13)/t5?,6-,7-/m0/s1. The Morgan fingerprint density at radius 3 is 3.10 bits per heavy atom. The molecule has 1 aliphatic rings. The number of fused-ring (bicyclic) bond motifs is 1. The van der Waals surface area contributed by atoms with E-state index < -0.39 is 26.7 Å². The summed E-state index contributed by atoms with van der Waals surface area (Å²) in [5, 5.41) is 9.93. The van der Waals surface area contributed by atoms with Gasteiger partial charge in [0.2, 0.25) is 0 Å². The van der Waals surface area contributed by atoms with Crippen molar-refractivity contribution in [2.45, 2.75) is 24.9 Å². The largest absolute Gasteiger partial charge is 0.390 e. The van der Waals surface area contributed by atoms with Crippen LogP contribution in [0, 0.1) is 0 Å². The monoisotopic (exact) mass is 315 g/mol. The second-order valence-electron chi connectivity index (χ2n) is 4.59. The first-order valence-corrected chi connectivity index (χ1v) is 7.45. The van der Waals surface area contributed by atoms with Crippen molar-refractivity contribution in [2.24, 2.45) is 0 Å². The number of imidazole rings is 1. The predicted molar refractivity (Wildman–Crippen MR) is 71.4 cm³/mol. The molecule has 2 aromatic heterocycles. The molecule has 0 radical (unpaired) electrons. The van der Waals surface area contributed by atoms with Crippen LogP contribution in [0.3, 0.4) is 0 Å². The van der Waals surface area contributed by atoms with Crippen LogP contribution in [-0.2, 0) is 13.8 Å². The van der Waals surface area contributed by atoms with E-state index in [-0.39, 0.29) is 18.8 Å². The molecule has 4 N–H and O–H groups in total. The molecular weight excluding hydrogens is 301 g/mol. The molecule has 0 amide bonds. The zero-order chi connectivity index (χ0) is 15.0. The van der Waals surface area contributed by atoms with Crippen LogP contribution < -0.4 is 5.73 Å². The molecule has 114 valence electrons. The fourth-order valence-corrected chi connectivity index (χ4v) is 2.58. The summed E-state index contributed by atoms with van der Waals surface area (Å²) in [6, 6.07) is 0. The number of aliphatic hydroxyl groups is 1. The Kier molecular flexibility index (Phi) is 3.87. The first-order valence-electron chi connectivity index (χ1n) is 6.18. The molecule has 2 aromatic rings. The molecule has 21 heavy (non-hydrogen) atoms. The lowest BCUT2D eigenvalue weighted by molar-refractivity contribution is -0.0384. The molecule has 0 saturated carbocycles. The molecule has 11 heteroatoms. The van der Waals surface area contributed by atoms with E-state index in [0.29, 0.717) is 11.2 Å². The summed E-state index contributed by atoms with van der Waals surface area (Å²) in [5.41, 5.74) is 6.66. The maximum absolute atomic E-state index is 10.6. The predicted octanol–water partition coefficient (Wildman–Crippen LogP) is -0.545. The minimum atomic E-state index is -3.05. The lowest BCUT2D eigenvalue weighted by Gasteiger charge is -2.14. The van der Waals surface area contributed by atoms with Gasteiger partial charge in [-0.1, -0.05) is 0 Å². The summed E-state index contributed by atoms with van der Waals surface area (Å²) >= 11 is 0. The summed E-state index contributed by atoms with van der Waals surface area (Å²) in [6.45, 7) is -0.157. The SMILES string of the molecule is Nc1ncnc2c1ncn2[C@@H]1CC(O)[C@H](CO[PH](=O)O)O1. The minimum absolute atomic E-state index is 0.157. The van der Waals surface area contributed by atoms with Gasteiger partial charge >= 0.3 is 8.25 Å². The van der Waals surface area contributed by atoms with E-state index >= 15 is 0 Å². The fraction of sp³-hybridized carbons (Fsp3) is 0.500. The van der Waals surface area contributed by atoms with Gasteiger partial charge in [0.15, 0.2) is 11.5 Å². The molecule has 1 aliphatic heterocycles. The first kappa shape index (κ1) is 14.4. The molecule has 2 unspecified atom stereocenters. The lowest BCUT2D eigenvalue weighted by atomic mass is 10.2. The number of hydrogen-bond acceptors (Lipinski definition) is 8. The van der Waals surface area contributed by atoms with Crippen LogP contribution in [0.1, 0.15) is 12.6 Å². The maximum Gasteiger partial charge on any atom is 0.316 e. The Bertz CT molecular complexity index is 679. The van der Waals surface area contributed by atoms with Gasteiger partial charge in [0.1, 0.15) is 24.2 Å². The summed E-state index contributed by atoms with van der Waals surface area (Å²) < 4.78 is 22.4. The normalized spacial score (nSPS) is 27.2. The van der Waals surface area contributed by atoms with Crippen molar-refractivity contribution in [2.75, 3.05) is 12.3 Å². The Balaban J connectivity index is 1.81. The minimum Gasteiger partial charge on any atom is -0.390 e. The molecule has 0 aliphatic carbocycles. The average Bonchev–Trinajstić information content (AvgIpc) is 3.01. The van der Waals surface area contributed by atoms with Crippen molar-refractivity contribution in [3.05, 3.63) is 12.7 Å². The van der Waals surface area contributed by atoms with E-state index in [1.54, 1.807) is 4.57 Å². The topological polar surface area (TPSA) is 146 Å². The average molecular weight is 315 g/mol. The number of rotatable bonds is 4. The molecule has 0 aromatic carbocycles. The fourth-order valence-electron chi connectivity index (χ4n) is 2.27. The lowest BCUT2D eigenvalue weighted by Crippen LogP contribution is -2.25. The molecule has 3 heterocycles. The van der Waals surface area contributed by atoms with Gasteiger partial charge in [-0.05, 0) is 0 Å². The van der Waals surface area contributed by atoms with Gasteiger partial charge in [0.05, 0.1) is 19.0 Å². The van der Waals surface area contributed by atoms with Crippen LogP contribution in [0.5, 0.6) is 0 Å². The van der Waals surface area contributed by atoms with Gasteiger partial charge in [-0.15, -0.1) is 0 Å². The number of anilines is 1. The van der Waals surface area contributed by atoms with Crippen molar-refractivity contribution in [1.29, 1.82) is 0 Å². The third-order valence-corrected chi connectivity index (χ3v) is 3.69. The highest BCUT2D eigenvalue weighted by Gasteiger charge is 2.36. The van der Waals surface area contributed by atoms with Crippen LogP contribution in [0.4, 0.5) is 5.82 Å². The van der Waals surface area contributed by atoms with Crippen LogP contribution in [0.15, 0.2) is 12.7 Å². The van der Waals surface area contributed by atoms with Gasteiger partial charge < -0.3 is 25.0 Å². The molecule has 1 fully saturated rings. The van der Waals surface area contributed by atoms with Gasteiger partial charge in [0, 0.05) is 6.42 Å². The van der Waals surface area contributed by atoms with Crippen LogP contribution >= 0.6 is 8.25 Å². The smallest absolute Gasteiger partial charge is 0.316 e. The third kappa shape index (κ3) is 2.76. The highest BCUT2D eigenvalue weighted by atomic mass is 31.1. The number of nitrogen functional groups attached to an aromatic ring is 1. The summed E-state index contributed by atoms with van der Waals surface area (Å²) in [6.07, 6.45) is 1.11. The quantitative estimate of drug-likeness (QED) is 0.633. The van der Waals surface area contributed by atoms with E-state index in [0.717, 1.165) is 0 Å². The summed E-state index contributed by atoms with van der Waals surface area (Å²) in [4.78, 5) is 20.7. The zero-order valence-corrected chi connectivity index (χ0v) is 11.8. The van der Waals surface area contributed by atoms with E-state index in [4.69, 9.17) is 15.4 Å². The third-order valence-electron chi connectivity index (χ3n) is 3.27. The number of aromatic nitrogens is 4. The Labute approximate surface area is 119 Å². The van der Waals surface area contributed by atoms with Crippen molar-refractivity contribution >= 4 is 25.2 Å². The Morgan fingerprint density at radius 1 is 1.52 bits per heavy atom. The Morgan fingerprint density at radius 2 is 2.33 bits per heavy atom. The van der Waals surface area contributed by atoms with Crippen LogP contribution in [-0.4, -0.2) is 48.3 Å². The molecule has 10 nitrogen and oxygen atoms in total. The number of hydrogen-bond donors (Lipinski definition) is 3. The van der Waals surface area contributed by atoms with Crippen molar-refractivity contribution < 1.29 is 23.8 Å². The number of ether oxygens (including phenoxy) is 1. The zero-order valence-electron chi connectivity index (χ0n) is 10.8. The van der Waals surface area contributed by atoms with Gasteiger partial charge in [-0.25, -0.2) is 15.0 Å². The first-order chi connectivity index (χ1) is 10.1. The molecule has 1 saturated heterocycles. The van der Waals surface area contributed by atoms with Crippen LogP contribution in [0.2, 0.25) is 0 Å². The Hall–Kier alpha value is -1.58. The van der Waals surface area contributed by atoms with E-state index in [9.17, 15) is 9.67 Å². The highest BCUT2D eigenvalue weighted by Crippen LogP contribution is 2.32. The van der Waals surface area contributed by atoms with Crippen molar-refractivity contribution in [1.82, 2.24) is 19.5 Å². The van der Waals surface area contributed by atoms with Crippen molar-refractivity contribution in [3.8, 4) is 0 Å². The molecule has 4 atom stereocenters. The number of nitrogens with two attached hydrogens (primary N) is 1. The van der Waals surface area contributed by atoms with E-state index in [2.05, 4.69) is 19.5 Å². The van der Waals surface area contributed by atoms with Gasteiger partial charge in [-0.2, -0.15) is 0 Å². The van der Waals surface area contributed by atoms with Crippen LogP contribution in [0.25, 0.3) is 11.2 Å². The molecular formula is C10H14N5O5P. The maximum atomic E-state index is 10.6. The summed E-state index contributed by atoms with van der Waals surface area (Å²) in [7, 11) is -3.05. The van der Waals surface area contributed by atoms with Crippen molar-refractivity contribution in [3.63, 3.8) is 0 Å². The molecule has 0 spiro atoms. The summed E-state index contributed by atoms with van der Waals surface area (Å²) in [5.74, 6) is 0.260.